The van der Waals surface area contributed by atoms with E-state index in [1.54, 1.807) is 0 Å². The van der Waals surface area contributed by atoms with Crippen molar-refractivity contribution in [3.8, 4) is 0 Å². The van der Waals surface area contributed by atoms with E-state index in [0.29, 0.717) is 0 Å². The average molecular weight is 341 g/mol. The van der Waals surface area contributed by atoms with Crippen LogP contribution in [0.25, 0.3) is 0 Å². The van der Waals surface area contributed by atoms with E-state index in [-0.39, 0.29) is 59.0 Å². The molecule has 2 N–H and O–H groups in total. The van der Waals surface area contributed by atoms with Crippen LogP contribution in [0.15, 0.2) is 0 Å². The number of hydrogen-bond acceptors (Lipinski definition) is 3. The summed E-state index contributed by atoms with van der Waals surface area (Å²) in [6.45, 7) is 4.59. The maximum absolute atomic E-state index is 2.36. The van der Waals surface area contributed by atoms with Crippen molar-refractivity contribution in [1.29, 1.82) is 0 Å². The third-order valence-electron chi connectivity index (χ3n) is 1.86. The SMILES string of the molecule is CN(C)CCN(C)CCN(C)C.O.[I-].[Na+]. The fourth-order valence-electron chi connectivity index (χ4n) is 0.853. The minimum absolute atomic E-state index is 0. The standard InChI is InChI=1S/C9H23N3.HI.Na.H2O/c1-10(2)6-8-12(5)9-7-11(3)4;;;/h6-9H2,1-5H3;1H;;1H2/q;;+1;/p-1. The van der Waals surface area contributed by atoms with Gasteiger partial charge in [-0.25, -0.2) is 0 Å². The Kier molecular flexibility index (Phi) is 26.4. The molecule has 0 aromatic heterocycles. The summed E-state index contributed by atoms with van der Waals surface area (Å²) < 4.78 is 0. The van der Waals surface area contributed by atoms with Gasteiger partial charge in [0.05, 0.1) is 0 Å². The summed E-state index contributed by atoms with van der Waals surface area (Å²) in [6.07, 6.45) is 0. The van der Waals surface area contributed by atoms with Crippen LogP contribution < -0.4 is 53.5 Å². The van der Waals surface area contributed by atoms with Gasteiger partial charge in [-0.1, -0.05) is 0 Å². The van der Waals surface area contributed by atoms with Crippen LogP contribution in [-0.4, -0.2) is 81.6 Å². The zero-order chi connectivity index (χ0) is 9.56. The molecule has 0 aliphatic rings. The summed E-state index contributed by atoms with van der Waals surface area (Å²) in [5.41, 5.74) is 0. The Morgan fingerprint density at radius 3 is 1.13 bits per heavy atom. The van der Waals surface area contributed by atoms with Crippen molar-refractivity contribution in [2.75, 3.05) is 61.4 Å². The van der Waals surface area contributed by atoms with E-state index >= 15 is 0 Å². The largest absolute Gasteiger partial charge is 1.00 e. The van der Waals surface area contributed by atoms with Crippen molar-refractivity contribution in [3.63, 3.8) is 0 Å². The van der Waals surface area contributed by atoms with Crippen LogP contribution in [0.4, 0.5) is 0 Å². The summed E-state index contributed by atoms with van der Waals surface area (Å²) in [7, 11) is 10.6. The molecular formula is C9H25IN3NaO. The quantitative estimate of drug-likeness (QED) is 0.356. The van der Waals surface area contributed by atoms with E-state index in [2.05, 4.69) is 49.9 Å². The van der Waals surface area contributed by atoms with Gasteiger partial charge in [-0.15, -0.1) is 0 Å². The fraction of sp³-hybridized carbons (Fsp3) is 1.00. The van der Waals surface area contributed by atoms with Gasteiger partial charge in [-0.3, -0.25) is 0 Å². The Labute approximate surface area is 134 Å². The summed E-state index contributed by atoms with van der Waals surface area (Å²) in [4.78, 5) is 6.79. The molecule has 90 valence electrons. The minimum Gasteiger partial charge on any atom is -1.00 e. The second-order valence-electron chi connectivity index (χ2n) is 3.91. The molecule has 0 radical (unpaired) electrons. The predicted octanol–water partition coefficient (Wildman–Crippen LogP) is -6.78. The number of likely N-dealkylation sites (N-methyl/N-ethyl adjacent to an activating group) is 3. The number of halogens is 1. The maximum atomic E-state index is 2.36. The van der Waals surface area contributed by atoms with Crippen LogP contribution in [0.1, 0.15) is 0 Å². The third-order valence-corrected chi connectivity index (χ3v) is 1.86. The van der Waals surface area contributed by atoms with Crippen molar-refractivity contribution < 1.29 is 59.0 Å². The summed E-state index contributed by atoms with van der Waals surface area (Å²) in [5.74, 6) is 0. The molecule has 0 aliphatic carbocycles. The van der Waals surface area contributed by atoms with E-state index in [9.17, 15) is 0 Å². The number of hydrogen-bond donors (Lipinski definition) is 0. The average Bonchev–Trinajstić information content (AvgIpc) is 1.96. The topological polar surface area (TPSA) is 41.2 Å². The van der Waals surface area contributed by atoms with Gasteiger partial charge in [-0.2, -0.15) is 0 Å². The molecule has 0 fully saturated rings. The smallest absolute Gasteiger partial charge is 1.00 e. The van der Waals surface area contributed by atoms with E-state index in [1.807, 2.05) is 0 Å². The van der Waals surface area contributed by atoms with Gasteiger partial charge in [0, 0.05) is 26.2 Å². The summed E-state index contributed by atoms with van der Waals surface area (Å²) in [6, 6.07) is 0. The van der Waals surface area contributed by atoms with Gasteiger partial charge >= 0.3 is 29.6 Å². The number of rotatable bonds is 6. The Bertz CT molecular complexity index is 106. The second-order valence-corrected chi connectivity index (χ2v) is 3.91. The van der Waals surface area contributed by atoms with Gasteiger partial charge in [0.25, 0.3) is 0 Å². The monoisotopic (exact) mass is 341 g/mol. The van der Waals surface area contributed by atoms with Gasteiger partial charge in [0.15, 0.2) is 0 Å². The normalized spacial score (nSPS) is 9.60. The molecule has 6 heteroatoms. The molecule has 0 aromatic rings. The van der Waals surface area contributed by atoms with E-state index in [0.717, 1.165) is 26.2 Å². The molecule has 0 atom stereocenters. The molecule has 0 unspecified atom stereocenters. The van der Waals surface area contributed by atoms with Crippen LogP contribution in [-0.2, 0) is 0 Å². The van der Waals surface area contributed by atoms with E-state index < -0.39 is 0 Å². The molecule has 0 spiro atoms. The molecule has 0 amide bonds. The Balaban J connectivity index is -0.000000202. The summed E-state index contributed by atoms with van der Waals surface area (Å²) in [5, 5.41) is 0. The van der Waals surface area contributed by atoms with Crippen molar-refractivity contribution >= 4 is 0 Å². The second kappa shape index (κ2) is 15.6. The van der Waals surface area contributed by atoms with Crippen molar-refractivity contribution in [2.45, 2.75) is 0 Å². The molecule has 15 heavy (non-hydrogen) atoms. The van der Waals surface area contributed by atoms with E-state index in [1.165, 1.54) is 0 Å². The molecule has 4 nitrogen and oxygen atoms in total. The van der Waals surface area contributed by atoms with Gasteiger partial charge in [-0.05, 0) is 35.2 Å². The zero-order valence-electron chi connectivity index (χ0n) is 11.0. The zero-order valence-corrected chi connectivity index (χ0v) is 15.2. The molecular weight excluding hydrogens is 316 g/mol. The molecule has 0 bridgehead atoms. The molecule has 0 heterocycles. The maximum Gasteiger partial charge on any atom is 1.00 e. The molecule has 0 rings (SSSR count). The first-order valence-electron chi connectivity index (χ1n) is 4.50. The van der Waals surface area contributed by atoms with Crippen LogP contribution in [0.2, 0.25) is 0 Å². The fourth-order valence-corrected chi connectivity index (χ4v) is 0.853. The third kappa shape index (κ3) is 21.4. The summed E-state index contributed by atoms with van der Waals surface area (Å²) >= 11 is 0. The minimum atomic E-state index is 0. The first-order chi connectivity index (χ1) is 5.52. The molecule has 0 saturated heterocycles. The van der Waals surface area contributed by atoms with Crippen LogP contribution in [0, 0.1) is 0 Å². The first-order valence-corrected chi connectivity index (χ1v) is 4.50. The predicted molar refractivity (Wildman–Crippen MR) is 58.2 cm³/mol. The number of nitrogens with zero attached hydrogens (tertiary/aromatic N) is 3. The Morgan fingerprint density at radius 1 is 0.667 bits per heavy atom. The van der Waals surface area contributed by atoms with Crippen LogP contribution in [0.3, 0.4) is 0 Å². The van der Waals surface area contributed by atoms with Crippen LogP contribution >= 0.6 is 0 Å². The Morgan fingerprint density at radius 2 is 0.933 bits per heavy atom. The van der Waals surface area contributed by atoms with Crippen molar-refractivity contribution in [2.24, 2.45) is 0 Å². The van der Waals surface area contributed by atoms with Crippen molar-refractivity contribution in [1.82, 2.24) is 14.7 Å². The van der Waals surface area contributed by atoms with Gasteiger partial charge in [0.1, 0.15) is 0 Å². The Hall–Kier alpha value is 1.57. The van der Waals surface area contributed by atoms with Crippen LogP contribution in [0.5, 0.6) is 0 Å². The molecule has 0 aromatic carbocycles. The van der Waals surface area contributed by atoms with E-state index in [4.69, 9.17) is 0 Å². The molecule has 0 saturated carbocycles. The van der Waals surface area contributed by atoms with Gasteiger partial charge in [0.2, 0.25) is 0 Å². The molecule has 0 aliphatic heterocycles. The van der Waals surface area contributed by atoms with Gasteiger partial charge < -0.3 is 44.2 Å². The first kappa shape index (κ1) is 25.4. The van der Waals surface area contributed by atoms with Crippen molar-refractivity contribution in [3.05, 3.63) is 0 Å².